The number of anilines is 1. The van der Waals surface area contributed by atoms with Gasteiger partial charge in [-0.3, -0.25) is 4.79 Å². The molecule has 1 aliphatic heterocycles. The van der Waals surface area contributed by atoms with Crippen molar-refractivity contribution in [3.8, 4) is 29.4 Å². The molecule has 3 rings (SSSR count). The summed E-state index contributed by atoms with van der Waals surface area (Å²) in [4.78, 5) is 12.5. The van der Waals surface area contributed by atoms with Gasteiger partial charge in [-0.1, -0.05) is 11.8 Å². The summed E-state index contributed by atoms with van der Waals surface area (Å²) in [5.41, 5.74) is 7.52. The summed E-state index contributed by atoms with van der Waals surface area (Å²) in [5, 5.41) is 11.9. The van der Waals surface area contributed by atoms with Crippen LogP contribution in [0.5, 0.6) is 11.5 Å². The first-order valence-electron chi connectivity index (χ1n) is 8.76. The van der Waals surface area contributed by atoms with E-state index in [2.05, 4.69) is 17.2 Å². The van der Waals surface area contributed by atoms with E-state index in [9.17, 15) is 14.4 Å². The molecule has 0 saturated carbocycles. The van der Waals surface area contributed by atoms with Crippen molar-refractivity contribution in [1.29, 1.82) is 5.26 Å². The molecule has 0 unspecified atom stereocenters. The fourth-order valence-corrected chi connectivity index (χ4v) is 2.68. The van der Waals surface area contributed by atoms with Crippen LogP contribution in [0.4, 0.5) is 10.1 Å². The molecule has 3 N–H and O–H groups in total. The Balaban J connectivity index is 1.68. The predicted octanol–water partition coefficient (Wildman–Crippen LogP) is 2.64. The van der Waals surface area contributed by atoms with Gasteiger partial charge in [0, 0.05) is 17.7 Å². The first-order valence-corrected chi connectivity index (χ1v) is 8.76. The number of nitrogens with zero attached hydrogens (tertiary/aromatic N) is 1. The second-order valence-electron chi connectivity index (χ2n) is 6.25. The number of hydrogen-bond acceptors (Lipinski definition) is 5. The molecule has 2 aromatic carbocycles. The molecular formula is C22H18FN3O3. The summed E-state index contributed by atoms with van der Waals surface area (Å²) in [6, 6.07) is 10.3. The highest BCUT2D eigenvalue weighted by molar-refractivity contribution is 5.99. The van der Waals surface area contributed by atoms with Crippen LogP contribution in [0.3, 0.4) is 0 Å². The highest BCUT2D eigenvalue weighted by atomic mass is 19.1. The summed E-state index contributed by atoms with van der Waals surface area (Å²) in [5.74, 6) is 5.91. The number of halogens is 1. The Morgan fingerprint density at radius 1 is 1.38 bits per heavy atom. The predicted molar refractivity (Wildman–Crippen MR) is 106 cm³/mol. The summed E-state index contributed by atoms with van der Waals surface area (Å²) >= 11 is 0. The van der Waals surface area contributed by atoms with Crippen molar-refractivity contribution >= 4 is 17.7 Å². The number of carbonyl (C=O) groups excluding carboxylic acids is 1. The van der Waals surface area contributed by atoms with Gasteiger partial charge >= 0.3 is 0 Å². The van der Waals surface area contributed by atoms with Gasteiger partial charge in [-0.05, 0) is 42.5 Å². The third kappa shape index (κ3) is 4.85. The Morgan fingerprint density at radius 2 is 2.21 bits per heavy atom. The lowest BCUT2D eigenvalue weighted by Gasteiger charge is -2.19. The van der Waals surface area contributed by atoms with E-state index in [0.717, 1.165) is 5.56 Å². The average Bonchev–Trinajstić information content (AvgIpc) is 2.74. The lowest BCUT2D eigenvalue weighted by atomic mass is 10.1. The third-order valence-corrected chi connectivity index (χ3v) is 4.23. The van der Waals surface area contributed by atoms with E-state index < -0.39 is 17.8 Å². The minimum absolute atomic E-state index is 0.0662. The molecule has 7 heteroatoms. The molecule has 0 bridgehead atoms. The molecule has 0 saturated heterocycles. The van der Waals surface area contributed by atoms with Crippen LogP contribution >= 0.6 is 0 Å². The topological polar surface area (TPSA) is 97.4 Å². The molecule has 0 fully saturated rings. The van der Waals surface area contributed by atoms with Crippen molar-refractivity contribution < 1.29 is 18.7 Å². The number of nitrogens with one attached hydrogen (secondary N) is 1. The molecule has 0 spiro atoms. The van der Waals surface area contributed by atoms with Crippen LogP contribution in [0, 0.1) is 29.0 Å². The first-order chi connectivity index (χ1) is 14.0. The monoisotopic (exact) mass is 391 g/mol. The van der Waals surface area contributed by atoms with Gasteiger partial charge in [0.25, 0.3) is 5.91 Å². The Bertz CT molecular complexity index is 1080. The lowest BCUT2D eigenvalue weighted by molar-refractivity contribution is -0.118. The molecule has 146 valence electrons. The number of nitriles is 1. The fourth-order valence-electron chi connectivity index (χ4n) is 2.68. The normalized spacial score (nSPS) is 12.8. The van der Waals surface area contributed by atoms with Gasteiger partial charge in [0.1, 0.15) is 30.0 Å². The van der Waals surface area contributed by atoms with Crippen molar-refractivity contribution in [3.05, 3.63) is 58.9 Å². The van der Waals surface area contributed by atoms with Crippen LogP contribution in [0.1, 0.15) is 17.5 Å². The number of nitrogens with two attached hydrogens (primary N) is 1. The molecule has 2 aromatic rings. The smallest absolute Gasteiger partial charge is 0.251 e. The lowest BCUT2D eigenvalue weighted by Crippen LogP contribution is -2.36. The number of ether oxygens (including phenoxy) is 2. The van der Waals surface area contributed by atoms with Crippen LogP contribution in [-0.2, 0) is 4.79 Å². The molecule has 0 aromatic heterocycles. The van der Waals surface area contributed by atoms with Gasteiger partial charge in [0.05, 0.1) is 24.3 Å². The van der Waals surface area contributed by atoms with E-state index in [4.69, 9.17) is 15.2 Å². The zero-order valence-corrected chi connectivity index (χ0v) is 15.7. The number of hydrogen-bond donors (Lipinski definition) is 2. The fraction of sp³-hybridized carbons (Fsp3) is 0.182. The Hall–Kier alpha value is -3.97. The summed E-state index contributed by atoms with van der Waals surface area (Å²) in [6.45, 7) is 0.0921. The second kappa shape index (κ2) is 8.81. The number of fused-ring (bicyclic) bond motifs is 1. The van der Waals surface area contributed by atoms with Crippen molar-refractivity contribution in [2.45, 2.75) is 12.5 Å². The minimum Gasteiger partial charge on any atom is -0.497 e. The molecule has 1 heterocycles. The van der Waals surface area contributed by atoms with E-state index in [1.165, 1.54) is 18.2 Å². The average molecular weight is 391 g/mol. The van der Waals surface area contributed by atoms with Crippen molar-refractivity contribution in [2.24, 2.45) is 0 Å². The molecule has 0 aliphatic carbocycles. The van der Waals surface area contributed by atoms with E-state index in [1.807, 2.05) is 6.07 Å². The number of benzene rings is 2. The molecule has 1 atom stereocenters. The summed E-state index contributed by atoms with van der Waals surface area (Å²) in [7, 11) is 1.55. The number of methoxy groups -OCH3 is 1. The minimum atomic E-state index is -0.836. The van der Waals surface area contributed by atoms with Crippen molar-refractivity contribution in [2.75, 3.05) is 19.5 Å². The molecule has 1 amide bonds. The van der Waals surface area contributed by atoms with Gasteiger partial charge in [0.15, 0.2) is 0 Å². The van der Waals surface area contributed by atoms with E-state index in [0.29, 0.717) is 28.3 Å². The van der Waals surface area contributed by atoms with Crippen LogP contribution in [0.25, 0.3) is 6.08 Å². The maximum Gasteiger partial charge on any atom is 0.251 e. The molecular weight excluding hydrogens is 373 g/mol. The van der Waals surface area contributed by atoms with E-state index in [-0.39, 0.29) is 13.0 Å². The Kier molecular flexibility index (Phi) is 6.01. The zero-order chi connectivity index (χ0) is 20.8. The highest BCUT2D eigenvalue weighted by Gasteiger charge is 2.20. The molecule has 0 radical (unpaired) electrons. The van der Waals surface area contributed by atoms with Crippen LogP contribution in [0.15, 0.2) is 42.0 Å². The number of carbonyl (C=O) groups is 1. The van der Waals surface area contributed by atoms with Gasteiger partial charge in [-0.2, -0.15) is 5.26 Å². The van der Waals surface area contributed by atoms with Crippen molar-refractivity contribution in [1.82, 2.24) is 5.32 Å². The maximum atomic E-state index is 13.3. The van der Waals surface area contributed by atoms with Crippen LogP contribution < -0.4 is 20.5 Å². The molecule has 29 heavy (non-hydrogen) atoms. The molecule has 6 nitrogen and oxygen atoms in total. The maximum absolute atomic E-state index is 13.3. The standard InChI is InChI=1S/C22H18FN3O3/c1-28-19-6-8-21-15(11-19)9-16(13-29-21)22(27)26-18(12-24)4-2-3-14-10-17(23)5-7-20(14)25/h5-11,18H,4,13,25H2,1H3,(H,26,27)/t18-/m1/s1. The summed E-state index contributed by atoms with van der Waals surface area (Å²) in [6.07, 6.45) is 1.76. The Morgan fingerprint density at radius 3 is 2.97 bits per heavy atom. The highest BCUT2D eigenvalue weighted by Crippen LogP contribution is 2.29. The summed E-state index contributed by atoms with van der Waals surface area (Å²) < 4.78 is 24.0. The number of rotatable bonds is 4. The Labute approximate surface area is 167 Å². The van der Waals surface area contributed by atoms with Crippen LogP contribution in [-0.4, -0.2) is 25.7 Å². The van der Waals surface area contributed by atoms with E-state index in [1.54, 1.807) is 31.4 Å². The number of nitrogen functional groups attached to an aromatic ring is 1. The van der Waals surface area contributed by atoms with Gasteiger partial charge < -0.3 is 20.5 Å². The second-order valence-corrected chi connectivity index (χ2v) is 6.25. The van der Waals surface area contributed by atoms with Crippen molar-refractivity contribution in [3.63, 3.8) is 0 Å². The van der Waals surface area contributed by atoms with Gasteiger partial charge in [0.2, 0.25) is 0 Å². The van der Waals surface area contributed by atoms with Gasteiger partial charge in [-0.25, -0.2) is 4.39 Å². The number of amides is 1. The largest absolute Gasteiger partial charge is 0.497 e. The third-order valence-electron chi connectivity index (χ3n) is 4.23. The van der Waals surface area contributed by atoms with Gasteiger partial charge in [-0.15, -0.1) is 0 Å². The SMILES string of the molecule is COc1ccc2c(c1)C=C(C(=O)N[C@@H](C#N)CC#Cc1cc(F)ccc1N)CO2. The van der Waals surface area contributed by atoms with E-state index >= 15 is 0 Å². The first kappa shape index (κ1) is 19.8. The molecule has 1 aliphatic rings. The van der Waals surface area contributed by atoms with Crippen LogP contribution in [0.2, 0.25) is 0 Å². The quantitative estimate of drug-likeness (QED) is 0.617. The zero-order valence-electron chi connectivity index (χ0n) is 15.7.